The van der Waals surface area contributed by atoms with Crippen molar-refractivity contribution in [3.8, 4) is 28.9 Å². The Kier molecular flexibility index (Phi) is 6.99. The van der Waals surface area contributed by atoms with Gasteiger partial charge in [0, 0.05) is 17.0 Å². The van der Waals surface area contributed by atoms with Gasteiger partial charge in [-0.1, -0.05) is 42.1 Å². The molecule has 0 aliphatic carbocycles. The number of hydrogen-bond donors (Lipinski definition) is 1. The minimum Gasteiger partial charge on any atom is -0.494 e. The molecule has 8 heteroatoms. The molecule has 0 saturated carbocycles. The fourth-order valence-electron chi connectivity index (χ4n) is 2.86. The monoisotopic (exact) mass is 419 g/mol. The molecule has 0 aliphatic heterocycles. The van der Waals surface area contributed by atoms with E-state index in [0.29, 0.717) is 17.6 Å². The average molecular weight is 420 g/mol. The van der Waals surface area contributed by atoms with Crippen molar-refractivity contribution in [2.24, 2.45) is 5.92 Å². The number of nitrogens with one attached hydrogen (secondary N) is 1. The number of ether oxygens (including phenoxy) is 1. The zero-order valence-corrected chi connectivity index (χ0v) is 17.5. The van der Waals surface area contributed by atoms with E-state index in [9.17, 15) is 4.79 Å². The highest BCUT2D eigenvalue weighted by Gasteiger charge is 2.22. The molecule has 1 atom stereocenters. The van der Waals surface area contributed by atoms with Gasteiger partial charge in [-0.25, -0.2) is 0 Å². The van der Waals surface area contributed by atoms with Gasteiger partial charge in [-0.2, -0.15) is 5.26 Å². The van der Waals surface area contributed by atoms with E-state index in [4.69, 9.17) is 15.4 Å². The predicted molar refractivity (Wildman–Crippen MR) is 116 cm³/mol. The maximum atomic E-state index is 12.4. The van der Waals surface area contributed by atoms with Crippen LogP contribution >= 0.6 is 11.8 Å². The van der Waals surface area contributed by atoms with E-state index in [2.05, 4.69) is 10.2 Å². The molecule has 0 radical (unpaired) electrons. The number of nitriles is 1. The van der Waals surface area contributed by atoms with E-state index in [-0.39, 0.29) is 17.2 Å². The number of carbonyl (C=O) groups is 1. The number of Topliss-reactive ketones (excluding diaryl/α,β-unsaturated/α-hetero) is 1. The lowest BCUT2D eigenvalue weighted by atomic mass is 10.0. The Morgan fingerprint density at radius 3 is 2.50 bits per heavy atom. The summed E-state index contributed by atoms with van der Waals surface area (Å²) < 4.78 is 7.40. The molecule has 3 aromatic rings. The molecule has 152 valence electrons. The number of hydrogen-bond acceptors (Lipinski definition) is 7. The highest BCUT2D eigenvalue weighted by Crippen LogP contribution is 2.29. The molecule has 0 saturated heterocycles. The average Bonchev–Trinajstić information content (AvgIpc) is 3.18. The molecule has 0 bridgehead atoms. The van der Waals surface area contributed by atoms with Gasteiger partial charge in [-0.3, -0.25) is 9.36 Å². The van der Waals surface area contributed by atoms with Crippen molar-refractivity contribution in [1.29, 1.82) is 10.7 Å². The third-order valence-electron chi connectivity index (χ3n) is 4.30. The number of benzene rings is 2. The van der Waals surface area contributed by atoms with E-state index in [1.165, 1.54) is 18.7 Å². The van der Waals surface area contributed by atoms with Gasteiger partial charge in [0.2, 0.25) is 0 Å². The van der Waals surface area contributed by atoms with Crippen LogP contribution in [0.25, 0.3) is 17.1 Å². The molecule has 1 aromatic heterocycles. The molecule has 0 fully saturated rings. The topological polar surface area (TPSA) is 105 Å². The molecule has 7 nitrogen and oxygen atoms in total. The van der Waals surface area contributed by atoms with E-state index in [0.717, 1.165) is 17.0 Å². The lowest BCUT2D eigenvalue weighted by Gasteiger charge is -2.12. The molecule has 2 aromatic carbocycles. The standard InChI is InChI=1S/C22H21N5O2S/c1-3-29-18-11-9-17(10-12-18)27-21(16-7-5-4-6-8-16)25-26-22(27)30-14-20(28)19(13-23)15(2)24/h4-12,19,24H,3,14H2,1-2H3/t19-/m0/s1. The number of nitrogens with zero attached hydrogens (tertiary/aromatic N) is 4. The van der Waals surface area contributed by atoms with E-state index in [1.54, 1.807) is 0 Å². The lowest BCUT2D eigenvalue weighted by Crippen LogP contribution is -2.21. The smallest absolute Gasteiger partial charge is 0.196 e. The fraction of sp³-hybridized carbons (Fsp3) is 0.227. The first kappa shape index (κ1) is 21.3. The van der Waals surface area contributed by atoms with Crippen LogP contribution in [0.4, 0.5) is 0 Å². The van der Waals surface area contributed by atoms with Gasteiger partial charge in [-0.15, -0.1) is 10.2 Å². The van der Waals surface area contributed by atoms with E-state index < -0.39 is 5.92 Å². The molecule has 1 N–H and O–H groups in total. The number of ketones is 1. The van der Waals surface area contributed by atoms with Crippen LogP contribution in [-0.4, -0.2) is 38.6 Å². The van der Waals surface area contributed by atoms with Crippen molar-refractivity contribution in [1.82, 2.24) is 14.8 Å². The highest BCUT2D eigenvalue weighted by atomic mass is 32.2. The first-order valence-electron chi connectivity index (χ1n) is 9.39. The lowest BCUT2D eigenvalue weighted by molar-refractivity contribution is -0.117. The van der Waals surface area contributed by atoms with Gasteiger partial charge in [0.1, 0.15) is 11.7 Å². The number of carbonyl (C=O) groups excluding carboxylic acids is 1. The molecule has 0 spiro atoms. The summed E-state index contributed by atoms with van der Waals surface area (Å²) in [5, 5.41) is 25.9. The Bertz CT molecular complexity index is 1070. The zero-order chi connectivity index (χ0) is 21.5. The van der Waals surface area contributed by atoms with Crippen LogP contribution in [0.1, 0.15) is 13.8 Å². The number of thioether (sulfide) groups is 1. The van der Waals surface area contributed by atoms with E-state index >= 15 is 0 Å². The van der Waals surface area contributed by atoms with Gasteiger partial charge in [0.05, 0.1) is 18.4 Å². The summed E-state index contributed by atoms with van der Waals surface area (Å²) in [4.78, 5) is 12.4. The Labute approximate surface area is 179 Å². The summed E-state index contributed by atoms with van der Waals surface area (Å²) in [5.41, 5.74) is 1.76. The second-order valence-electron chi connectivity index (χ2n) is 6.43. The third kappa shape index (κ3) is 4.75. The molecule has 0 unspecified atom stereocenters. The van der Waals surface area contributed by atoms with Gasteiger partial charge in [-0.05, 0) is 38.1 Å². The number of rotatable bonds is 9. The fourth-order valence-corrected chi connectivity index (χ4v) is 3.72. The predicted octanol–water partition coefficient (Wildman–Crippen LogP) is 4.17. The van der Waals surface area contributed by atoms with Gasteiger partial charge in [0.25, 0.3) is 0 Å². The normalized spacial score (nSPS) is 11.5. The van der Waals surface area contributed by atoms with E-state index in [1.807, 2.05) is 72.2 Å². The van der Waals surface area contributed by atoms with Crippen molar-refractivity contribution in [3.05, 3.63) is 54.6 Å². The molecule has 30 heavy (non-hydrogen) atoms. The zero-order valence-electron chi connectivity index (χ0n) is 16.7. The van der Waals surface area contributed by atoms with Crippen LogP contribution in [0, 0.1) is 22.7 Å². The molecule has 3 rings (SSSR count). The Morgan fingerprint density at radius 2 is 1.90 bits per heavy atom. The summed E-state index contributed by atoms with van der Waals surface area (Å²) in [6.07, 6.45) is 0. The summed E-state index contributed by atoms with van der Waals surface area (Å²) in [7, 11) is 0. The van der Waals surface area contributed by atoms with Crippen molar-refractivity contribution in [3.63, 3.8) is 0 Å². The van der Waals surface area contributed by atoms with Crippen molar-refractivity contribution in [2.75, 3.05) is 12.4 Å². The summed E-state index contributed by atoms with van der Waals surface area (Å²) in [6.45, 7) is 3.97. The van der Waals surface area contributed by atoms with Crippen LogP contribution in [-0.2, 0) is 4.79 Å². The van der Waals surface area contributed by atoms with Crippen molar-refractivity contribution >= 4 is 23.3 Å². The molecule has 1 heterocycles. The molecular weight excluding hydrogens is 398 g/mol. The minimum absolute atomic E-state index is 0.0262. The maximum absolute atomic E-state index is 12.4. The van der Waals surface area contributed by atoms with Crippen molar-refractivity contribution in [2.45, 2.75) is 19.0 Å². The molecule has 0 amide bonds. The van der Waals surface area contributed by atoms with Gasteiger partial charge < -0.3 is 10.1 Å². The van der Waals surface area contributed by atoms with Gasteiger partial charge in [0.15, 0.2) is 16.8 Å². The third-order valence-corrected chi connectivity index (χ3v) is 5.25. The Balaban J connectivity index is 1.96. The van der Waals surface area contributed by atoms with Crippen LogP contribution in [0.5, 0.6) is 5.75 Å². The van der Waals surface area contributed by atoms with Gasteiger partial charge >= 0.3 is 0 Å². The molecule has 0 aliphatic rings. The number of aromatic nitrogens is 3. The Morgan fingerprint density at radius 1 is 1.20 bits per heavy atom. The van der Waals surface area contributed by atoms with Crippen molar-refractivity contribution < 1.29 is 9.53 Å². The quantitative estimate of drug-likeness (QED) is 0.412. The van der Waals surface area contributed by atoms with Crippen LogP contribution in [0.3, 0.4) is 0 Å². The maximum Gasteiger partial charge on any atom is 0.196 e. The summed E-state index contributed by atoms with van der Waals surface area (Å²) >= 11 is 1.20. The van der Waals surface area contributed by atoms with Crippen LogP contribution < -0.4 is 4.74 Å². The first-order chi connectivity index (χ1) is 14.5. The summed E-state index contributed by atoms with van der Waals surface area (Å²) in [6, 6.07) is 19.1. The first-order valence-corrected chi connectivity index (χ1v) is 10.4. The minimum atomic E-state index is -1.03. The second-order valence-corrected chi connectivity index (χ2v) is 7.38. The van der Waals surface area contributed by atoms with Crippen LogP contribution in [0.15, 0.2) is 59.8 Å². The largest absolute Gasteiger partial charge is 0.494 e. The SMILES string of the molecule is CCOc1ccc(-n2c(SCC(=O)[C@@H](C#N)C(C)=N)nnc2-c2ccccc2)cc1. The second kappa shape index (κ2) is 9.85. The molecular formula is C22H21N5O2S. The summed E-state index contributed by atoms with van der Waals surface area (Å²) in [5.74, 6) is 0.0804. The Hall–Kier alpha value is -3.44. The van der Waals surface area contributed by atoms with Crippen LogP contribution in [0.2, 0.25) is 0 Å². The highest BCUT2D eigenvalue weighted by molar-refractivity contribution is 7.99.